The van der Waals surface area contributed by atoms with Gasteiger partial charge in [0.1, 0.15) is 11.9 Å². The van der Waals surface area contributed by atoms with E-state index in [0.717, 1.165) is 54.6 Å². The van der Waals surface area contributed by atoms with Gasteiger partial charge >= 0.3 is 0 Å². The van der Waals surface area contributed by atoms with Crippen LogP contribution in [0.25, 0.3) is 0 Å². The Hall–Kier alpha value is -1.64. The van der Waals surface area contributed by atoms with E-state index in [0.29, 0.717) is 24.3 Å². The normalized spacial score (nSPS) is 27.7. The van der Waals surface area contributed by atoms with E-state index < -0.39 is 6.10 Å². The summed E-state index contributed by atoms with van der Waals surface area (Å²) < 4.78 is 11.6. The lowest BCUT2D eigenvalue weighted by molar-refractivity contribution is -0.0236. The van der Waals surface area contributed by atoms with Gasteiger partial charge in [0.2, 0.25) is 5.89 Å². The van der Waals surface area contributed by atoms with E-state index in [4.69, 9.17) is 9.26 Å². The monoisotopic (exact) mass is 404 g/mol. The summed E-state index contributed by atoms with van der Waals surface area (Å²) in [6.45, 7) is 6.53. The number of ether oxygens (including phenoxy) is 1. The molecule has 0 aromatic carbocycles. The Morgan fingerprint density at radius 3 is 2.75 bits per heavy atom. The fraction of sp³-hybridized carbons (Fsp3) is 0.650. The maximum absolute atomic E-state index is 10.7. The molecule has 2 aromatic rings. The highest BCUT2D eigenvalue weighted by atomic mass is 32.2. The van der Waals surface area contributed by atoms with Crippen LogP contribution < -0.4 is 4.74 Å². The Kier molecular flexibility index (Phi) is 5.89. The van der Waals surface area contributed by atoms with Crippen LogP contribution in [0.3, 0.4) is 0 Å². The van der Waals surface area contributed by atoms with Crippen molar-refractivity contribution < 1.29 is 14.4 Å². The van der Waals surface area contributed by atoms with Crippen LogP contribution in [0.15, 0.2) is 16.7 Å². The standard InChI is InChI=1S/C20H28N4O3S/c1-12-4-5-17(13(2)21-12)26-18-7-15-9-24(8-14(15)6-16(18)25)10-20-22-19(11-28-3)23-27-20/h4-5,14-16,18,25H,6-11H2,1-3H3/t14-,15+,16+,18+/m0/s1. The third-order valence-corrected chi connectivity index (χ3v) is 6.30. The largest absolute Gasteiger partial charge is 0.486 e. The number of aromatic nitrogens is 3. The smallest absolute Gasteiger partial charge is 0.240 e. The summed E-state index contributed by atoms with van der Waals surface area (Å²) in [6, 6.07) is 3.91. The maximum Gasteiger partial charge on any atom is 0.240 e. The van der Waals surface area contributed by atoms with Crippen LogP contribution in [0.2, 0.25) is 0 Å². The average Bonchev–Trinajstić information content (AvgIpc) is 3.24. The Balaban J connectivity index is 1.36. The predicted molar refractivity (Wildman–Crippen MR) is 107 cm³/mol. The molecular formula is C20H28N4O3S. The van der Waals surface area contributed by atoms with Crippen LogP contribution in [-0.2, 0) is 12.3 Å². The minimum Gasteiger partial charge on any atom is -0.486 e. The first-order chi connectivity index (χ1) is 13.5. The van der Waals surface area contributed by atoms with E-state index >= 15 is 0 Å². The lowest BCUT2D eigenvalue weighted by Gasteiger charge is -2.35. The molecule has 1 saturated heterocycles. The minimum atomic E-state index is -0.446. The first-order valence-corrected chi connectivity index (χ1v) is 11.2. The molecule has 1 saturated carbocycles. The predicted octanol–water partition coefficient (Wildman–Crippen LogP) is 2.59. The van der Waals surface area contributed by atoms with Crippen LogP contribution in [0.1, 0.15) is 35.9 Å². The number of aliphatic hydroxyl groups excluding tert-OH is 1. The van der Waals surface area contributed by atoms with Gasteiger partial charge in [0.15, 0.2) is 5.82 Å². The number of rotatable bonds is 6. The van der Waals surface area contributed by atoms with Crippen LogP contribution >= 0.6 is 11.8 Å². The lowest BCUT2D eigenvalue weighted by Crippen LogP contribution is -2.42. The zero-order valence-electron chi connectivity index (χ0n) is 16.7. The third kappa shape index (κ3) is 4.34. The fourth-order valence-electron chi connectivity index (χ4n) is 4.44. The number of pyridine rings is 1. The van der Waals surface area contributed by atoms with E-state index in [-0.39, 0.29) is 6.10 Å². The molecule has 8 heteroatoms. The first-order valence-electron chi connectivity index (χ1n) is 9.83. The van der Waals surface area contributed by atoms with Gasteiger partial charge in [0.05, 0.1) is 24.1 Å². The first kappa shape index (κ1) is 19.7. The van der Waals surface area contributed by atoms with Crippen LogP contribution in [0.5, 0.6) is 5.75 Å². The molecule has 1 aliphatic carbocycles. The molecule has 2 aromatic heterocycles. The second kappa shape index (κ2) is 8.39. The third-order valence-electron chi connectivity index (χ3n) is 5.76. The van der Waals surface area contributed by atoms with Crippen molar-refractivity contribution in [1.29, 1.82) is 0 Å². The quantitative estimate of drug-likeness (QED) is 0.786. The molecular weight excluding hydrogens is 376 g/mol. The Bertz CT molecular complexity index is 814. The molecule has 4 rings (SSSR count). The van der Waals surface area contributed by atoms with E-state index in [1.807, 2.05) is 32.2 Å². The number of hydrogen-bond acceptors (Lipinski definition) is 8. The van der Waals surface area contributed by atoms with Gasteiger partial charge in [-0.2, -0.15) is 16.7 Å². The lowest BCUT2D eigenvalue weighted by atomic mass is 9.78. The number of thioether (sulfide) groups is 1. The van der Waals surface area contributed by atoms with Crippen molar-refractivity contribution in [2.24, 2.45) is 11.8 Å². The van der Waals surface area contributed by atoms with Gasteiger partial charge in [0, 0.05) is 18.8 Å². The van der Waals surface area contributed by atoms with E-state index in [1.54, 1.807) is 11.8 Å². The molecule has 1 aliphatic heterocycles. The summed E-state index contributed by atoms with van der Waals surface area (Å²) in [5.74, 6) is 3.98. The van der Waals surface area contributed by atoms with Crippen molar-refractivity contribution in [2.75, 3.05) is 19.3 Å². The second-order valence-corrected chi connectivity index (χ2v) is 8.85. The maximum atomic E-state index is 10.7. The van der Waals surface area contributed by atoms with Crippen molar-refractivity contribution in [3.05, 3.63) is 35.2 Å². The van der Waals surface area contributed by atoms with Crippen molar-refractivity contribution >= 4 is 11.8 Å². The molecule has 0 amide bonds. The highest BCUT2D eigenvalue weighted by Gasteiger charge is 2.43. The summed E-state index contributed by atoms with van der Waals surface area (Å²) in [5.41, 5.74) is 1.85. The van der Waals surface area contributed by atoms with Gasteiger partial charge in [0.25, 0.3) is 0 Å². The van der Waals surface area contributed by atoms with E-state index in [1.165, 1.54) is 0 Å². The fourth-order valence-corrected chi connectivity index (χ4v) is 4.81. The molecule has 0 bridgehead atoms. The van der Waals surface area contributed by atoms with E-state index in [2.05, 4.69) is 20.0 Å². The summed E-state index contributed by atoms with van der Waals surface area (Å²) in [4.78, 5) is 11.3. The molecule has 0 unspecified atom stereocenters. The van der Waals surface area contributed by atoms with Crippen molar-refractivity contribution in [1.82, 2.24) is 20.0 Å². The van der Waals surface area contributed by atoms with Gasteiger partial charge in [-0.1, -0.05) is 5.16 Å². The molecule has 0 spiro atoms. The Morgan fingerprint density at radius 1 is 1.21 bits per heavy atom. The van der Waals surface area contributed by atoms with Crippen molar-refractivity contribution in [3.63, 3.8) is 0 Å². The molecule has 2 fully saturated rings. The highest BCUT2D eigenvalue weighted by molar-refractivity contribution is 7.97. The van der Waals surface area contributed by atoms with Crippen LogP contribution in [-0.4, -0.2) is 56.7 Å². The summed E-state index contributed by atoms with van der Waals surface area (Å²) in [5, 5.41) is 14.7. The summed E-state index contributed by atoms with van der Waals surface area (Å²) in [7, 11) is 0. The highest BCUT2D eigenvalue weighted by Crippen LogP contribution is 2.38. The van der Waals surface area contributed by atoms with Crippen molar-refractivity contribution in [2.45, 2.75) is 51.2 Å². The van der Waals surface area contributed by atoms with Crippen LogP contribution in [0.4, 0.5) is 0 Å². The number of hydrogen-bond donors (Lipinski definition) is 1. The number of nitrogens with zero attached hydrogens (tertiary/aromatic N) is 4. The van der Waals surface area contributed by atoms with Gasteiger partial charge in [-0.3, -0.25) is 9.88 Å². The van der Waals surface area contributed by atoms with Gasteiger partial charge in [-0.15, -0.1) is 0 Å². The molecule has 3 heterocycles. The molecule has 28 heavy (non-hydrogen) atoms. The molecule has 1 N–H and O–H groups in total. The minimum absolute atomic E-state index is 0.180. The molecule has 7 nitrogen and oxygen atoms in total. The number of fused-ring (bicyclic) bond motifs is 1. The Morgan fingerprint density at radius 2 is 2.00 bits per heavy atom. The summed E-state index contributed by atoms with van der Waals surface area (Å²) >= 11 is 1.69. The second-order valence-electron chi connectivity index (χ2n) is 7.98. The molecule has 152 valence electrons. The Labute approximate surface area is 169 Å². The average molecular weight is 405 g/mol. The summed E-state index contributed by atoms with van der Waals surface area (Å²) in [6.07, 6.45) is 3.03. The number of aliphatic hydroxyl groups is 1. The van der Waals surface area contributed by atoms with Gasteiger partial charge in [-0.05, 0) is 56.9 Å². The molecule has 0 radical (unpaired) electrons. The topological polar surface area (TPSA) is 84.5 Å². The van der Waals surface area contributed by atoms with E-state index in [9.17, 15) is 5.11 Å². The number of likely N-dealkylation sites (tertiary alicyclic amines) is 1. The number of aryl methyl sites for hydroxylation is 2. The van der Waals surface area contributed by atoms with Crippen LogP contribution in [0, 0.1) is 25.7 Å². The molecule has 2 aliphatic rings. The zero-order chi connectivity index (χ0) is 19.7. The SMILES string of the molecule is CSCc1noc(CN2C[C@H]3C[C@@H](Oc4ccc(C)nc4C)[C@H](O)C[C@H]3C2)n1. The van der Waals surface area contributed by atoms with Crippen molar-refractivity contribution in [3.8, 4) is 5.75 Å². The van der Waals surface area contributed by atoms with Gasteiger partial charge < -0.3 is 14.4 Å². The zero-order valence-corrected chi connectivity index (χ0v) is 17.5. The molecule has 4 atom stereocenters. The van der Waals surface area contributed by atoms with Gasteiger partial charge in [-0.25, -0.2) is 0 Å².